The molecule has 10 rings (SSSR count). The number of hydrogen-bond acceptors (Lipinski definition) is 2. The maximum atomic E-state index is 2.49. The first kappa shape index (κ1) is 30.6. The van der Waals surface area contributed by atoms with Crippen molar-refractivity contribution in [1.29, 1.82) is 0 Å². The van der Waals surface area contributed by atoms with Crippen molar-refractivity contribution in [2.75, 3.05) is 4.90 Å². The fourth-order valence-electron chi connectivity index (χ4n) is 8.62. The largest absolute Gasteiger partial charge is 0.309 e. The van der Waals surface area contributed by atoms with Gasteiger partial charge in [0.2, 0.25) is 0 Å². The van der Waals surface area contributed by atoms with Crippen LogP contribution >= 0.6 is 11.3 Å². The molecule has 1 unspecified atom stereocenters. The number of benzene rings is 8. The van der Waals surface area contributed by atoms with Crippen LogP contribution in [-0.4, -0.2) is 0 Å². The molecule has 1 aliphatic carbocycles. The summed E-state index contributed by atoms with van der Waals surface area (Å²) in [6.45, 7) is 2.26. The molecule has 0 aliphatic heterocycles. The van der Waals surface area contributed by atoms with Crippen molar-refractivity contribution in [3.63, 3.8) is 0 Å². The van der Waals surface area contributed by atoms with Gasteiger partial charge in [-0.1, -0.05) is 146 Å². The first-order chi connectivity index (χ1) is 25.7. The van der Waals surface area contributed by atoms with E-state index in [1.807, 2.05) is 11.3 Å². The molecule has 1 nitrogen and oxygen atoms in total. The highest BCUT2D eigenvalue weighted by atomic mass is 32.1. The molecule has 0 fully saturated rings. The van der Waals surface area contributed by atoms with Crippen LogP contribution in [-0.2, 0) is 5.41 Å². The summed E-state index contributed by atoms with van der Waals surface area (Å²) in [6.07, 6.45) is 0. The average Bonchev–Trinajstić information content (AvgIpc) is 3.73. The molecular weight excluding hydrogens is 647 g/mol. The molecule has 52 heavy (non-hydrogen) atoms. The van der Waals surface area contributed by atoms with E-state index < -0.39 is 5.41 Å². The van der Waals surface area contributed by atoms with Gasteiger partial charge in [-0.2, -0.15) is 0 Å². The van der Waals surface area contributed by atoms with Crippen LogP contribution in [0.5, 0.6) is 0 Å². The van der Waals surface area contributed by atoms with Crippen molar-refractivity contribution in [3.8, 4) is 22.3 Å². The lowest BCUT2D eigenvalue weighted by Crippen LogP contribution is -2.29. The smallest absolute Gasteiger partial charge is 0.0716 e. The van der Waals surface area contributed by atoms with Crippen molar-refractivity contribution in [1.82, 2.24) is 0 Å². The number of thiophene rings is 1. The van der Waals surface area contributed by atoms with Crippen LogP contribution < -0.4 is 4.90 Å². The van der Waals surface area contributed by atoms with E-state index in [-0.39, 0.29) is 0 Å². The summed E-state index contributed by atoms with van der Waals surface area (Å²) < 4.78 is 2.58. The third-order valence-electron chi connectivity index (χ3n) is 10.9. The highest BCUT2D eigenvalue weighted by molar-refractivity contribution is 7.26. The van der Waals surface area contributed by atoms with Gasteiger partial charge in [0, 0.05) is 26.8 Å². The second kappa shape index (κ2) is 12.2. The van der Waals surface area contributed by atoms with Gasteiger partial charge in [0.25, 0.3) is 0 Å². The zero-order chi connectivity index (χ0) is 34.6. The minimum Gasteiger partial charge on any atom is -0.309 e. The first-order valence-electron chi connectivity index (χ1n) is 17.9. The molecule has 246 valence electrons. The van der Waals surface area contributed by atoms with Gasteiger partial charge < -0.3 is 4.90 Å². The summed E-state index contributed by atoms with van der Waals surface area (Å²) in [6, 6.07) is 71.5. The monoisotopic (exact) mass is 681 g/mol. The van der Waals surface area contributed by atoms with Gasteiger partial charge in [0.1, 0.15) is 0 Å². The summed E-state index contributed by atoms with van der Waals surface area (Å²) >= 11 is 1.88. The highest BCUT2D eigenvalue weighted by Crippen LogP contribution is 2.57. The predicted octanol–water partition coefficient (Wildman–Crippen LogP) is 13.9. The van der Waals surface area contributed by atoms with Gasteiger partial charge in [-0.15, -0.1) is 11.3 Å². The topological polar surface area (TPSA) is 3.24 Å². The van der Waals surface area contributed by atoms with Gasteiger partial charge in [0.05, 0.1) is 15.8 Å². The minimum atomic E-state index is -0.462. The van der Waals surface area contributed by atoms with E-state index in [2.05, 4.69) is 206 Å². The third-order valence-corrected chi connectivity index (χ3v) is 12.1. The molecule has 9 aromatic rings. The van der Waals surface area contributed by atoms with E-state index in [1.54, 1.807) is 0 Å². The molecular formula is C50H35NS. The lowest BCUT2D eigenvalue weighted by atomic mass is 9.66. The standard InChI is InChI=1S/C50H35NS/c1-34-17-11-14-26-44(34)50(37-18-5-2-6-19-37)45-27-15-12-24-40(45)41-30-29-35(32-46(41)50)36-31-43-42-25-13-16-28-48(42)52-49(43)47(33-36)51(38-20-7-3-8-21-38)39-22-9-4-10-23-39/h2-33H,1H3. The summed E-state index contributed by atoms with van der Waals surface area (Å²) in [5, 5.41) is 2.57. The highest BCUT2D eigenvalue weighted by Gasteiger charge is 2.46. The summed E-state index contributed by atoms with van der Waals surface area (Å²) in [4.78, 5) is 2.42. The van der Waals surface area contributed by atoms with Crippen LogP contribution in [0.25, 0.3) is 42.4 Å². The molecule has 0 saturated carbocycles. The molecule has 0 radical (unpaired) electrons. The number of aryl methyl sites for hydroxylation is 1. The van der Waals surface area contributed by atoms with Crippen LogP contribution in [0, 0.1) is 6.92 Å². The molecule has 1 aliphatic rings. The Morgan fingerprint density at radius 3 is 1.77 bits per heavy atom. The van der Waals surface area contributed by atoms with Gasteiger partial charge in [0.15, 0.2) is 0 Å². The predicted molar refractivity (Wildman–Crippen MR) is 221 cm³/mol. The van der Waals surface area contributed by atoms with Crippen LogP contribution in [0.3, 0.4) is 0 Å². The van der Waals surface area contributed by atoms with Crippen molar-refractivity contribution < 1.29 is 0 Å². The Kier molecular flexibility index (Phi) is 7.19. The Labute approximate surface area is 308 Å². The van der Waals surface area contributed by atoms with Crippen molar-refractivity contribution in [2.24, 2.45) is 0 Å². The van der Waals surface area contributed by atoms with Crippen LogP contribution in [0.2, 0.25) is 0 Å². The van der Waals surface area contributed by atoms with E-state index >= 15 is 0 Å². The molecule has 0 saturated heterocycles. The van der Waals surface area contributed by atoms with Crippen molar-refractivity contribution in [3.05, 3.63) is 222 Å². The Balaban J connectivity index is 1.28. The Hall–Kier alpha value is -6.22. The van der Waals surface area contributed by atoms with Crippen LogP contribution in [0.15, 0.2) is 194 Å². The number of nitrogens with zero attached hydrogens (tertiary/aromatic N) is 1. The van der Waals surface area contributed by atoms with Crippen LogP contribution in [0.1, 0.15) is 27.8 Å². The quantitative estimate of drug-likeness (QED) is 0.169. The van der Waals surface area contributed by atoms with Gasteiger partial charge in [-0.3, -0.25) is 0 Å². The molecule has 2 heteroatoms. The molecule has 0 amide bonds. The normalized spacial score (nSPS) is 14.7. The SMILES string of the molecule is Cc1ccccc1C1(c2ccccc2)c2ccccc2-c2ccc(-c3cc(N(c4ccccc4)c4ccccc4)c4sc5ccccc5c4c3)cc21. The average molecular weight is 682 g/mol. The number of rotatable bonds is 6. The number of fused-ring (bicyclic) bond motifs is 6. The molecule has 1 atom stereocenters. The van der Waals surface area contributed by atoms with E-state index in [9.17, 15) is 0 Å². The summed E-state index contributed by atoms with van der Waals surface area (Å²) in [5.41, 5.74) is 14.6. The van der Waals surface area contributed by atoms with E-state index in [0.29, 0.717) is 0 Å². The zero-order valence-corrected chi connectivity index (χ0v) is 29.6. The molecule has 0 N–H and O–H groups in total. The fraction of sp³-hybridized carbons (Fsp3) is 0.0400. The number of para-hydroxylation sites is 2. The zero-order valence-electron chi connectivity index (χ0n) is 28.8. The van der Waals surface area contributed by atoms with E-state index in [0.717, 1.165) is 11.4 Å². The Morgan fingerprint density at radius 2 is 1.04 bits per heavy atom. The number of anilines is 3. The lowest BCUT2D eigenvalue weighted by Gasteiger charge is -2.35. The molecule has 0 spiro atoms. The van der Waals surface area contributed by atoms with Gasteiger partial charge >= 0.3 is 0 Å². The molecule has 8 aromatic carbocycles. The fourth-order valence-corrected chi connectivity index (χ4v) is 9.81. The maximum Gasteiger partial charge on any atom is 0.0716 e. The van der Waals surface area contributed by atoms with Crippen LogP contribution in [0.4, 0.5) is 17.1 Å². The van der Waals surface area contributed by atoms with E-state index in [4.69, 9.17) is 0 Å². The molecule has 0 bridgehead atoms. The van der Waals surface area contributed by atoms with Crippen molar-refractivity contribution in [2.45, 2.75) is 12.3 Å². The van der Waals surface area contributed by atoms with Gasteiger partial charge in [-0.25, -0.2) is 0 Å². The third kappa shape index (κ3) is 4.61. The molecule has 1 aromatic heterocycles. The Bertz CT molecular complexity index is 2710. The second-order valence-electron chi connectivity index (χ2n) is 13.7. The van der Waals surface area contributed by atoms with Gasteiger partial charge in [-0.05, 0) is 106 Å². The summed E-state index contributed by atoms with van der Waals surface area (Å²) in [7, 11) is 0. The molecule has 1 heterocycles. The number of hydrogen-bond donors (Lipinski definition) is 0. The first-order valence-corrected chi connectivity index (χ1v) is 18.8. The van der Waals surface area contributed by atoms with Crippen molar-refractivity contribution >= 4 is 48.6 Å². The Morgan fingerprint density at radius 1 is 0.442 bits per heavy atom. The van der Waals surface area contributed by atoms with E-state index in [1.165, 1.54) is 75.9 Å². The minimum absolute atomic E-state index is 0.462. The second-order valence-corrected chi connectivity index (χ2v) is 14.8. The summed E-state index contributed by atoms with van der Waals surface area (Å²) in [5.74, 6) is 0. The maximum absolute atomic E-state index is 2.49. The lowest BCUT2D eigenvalue weighted by molar-refractivity contribution is 0.761.